The quantitative estimate of drug-likeness (QED) is 0.573. The minimum Gasteiger partial charge on any atom is -0.351 e. The molecule has 1 aromatic carbocycles. The molecule has 100 valence electrons. The van der Waals surface area contributed by atoms with Gasteiger partial charge in [0.05, 0.1) is 5.33 Å². The van der Waals surface area contributed by atoms with Crippen LogP contribution in [0.2, 0.25) is 0 Å². The zero-order valence-electron chi connectivity index (χ0n) is 9.85. The molecule has 0 saturated heterocycles. The summed E-state index contributed by atoms with van der Waals surface area (Å²) in [6.07, 6.45) is 2.68. The first kappa shape index (κ1) is 14.9. The first-order chi connectivity index (χ1) is 9.01. The highest BCUT2D eigenvalue weighted by Crippen LogP contribution is 2.12. The highest BCUT2D eigenvalue weighted by atomic mass is 79.9. The zero-order valence-corrected chi connectivity index (χ0v) is 11.4. The molecule has 1 rings (SSSR count). The van der Waals surface area contributed by atoms with Crippen LogP contribution in [0.1, 0.15) is 5.56 Å². The van der Waals surface area contributed by atoms with Crippen LogP contribution in [0.15, 0.2) is 30.3 Å². The molecule has 6 nitrogen and oxygen atoms in total. The lowest BCUT2D eigenvalue weighted by molar-refractivity contribution is -0.115. The van der Waals surface area contributed by atoms with Gasteiger partial charge in [-0.15, -0.1) is 0 Å². The van der Waals surface area contributed by atoms with Crippen molar-refractivity contribution in [2.75, 3.05) is 10.6 Å². The molecule has 0 aromatic heterocycles. The number of benzene rings is 1. The van der Waals surface area contributed by atoms with Crippen molar-refractivity contribution in [1.29, 1.82) is 0 Å². The van der Waals surface area contributed by atoms with Crippen molar-refractivity contribution in [3.05, 3.63) is 35.9 Å². The van der Waals surface area contributed by atoms with E-state index in [0.29, 0.717) is 11.3 Å². The second-order valence-corrected chi connectivity index (χ2v) is 4.05. The SMILES string of the molecule is NC(=O)NC(=O)/C=C/c1cccc(NC(=O)CBr)c1. The molecular weight excluding hydrogens is 314 g/mol. The Kier molecular flexibility index (Phi) is 5.74. The lowest BCUT2D eigenvalue weighted by Crippen LogP contribution is -2.33. The van der Waals surface area contributed by atoms with Gasteiger partial charge in [0.25, 0.3) is 5.91 Å². The lowest BCUT2D eigenvalue weighted by Gasteiger charge is -2.03. The van der Waals surface area contributed by atoms with E-state index in [9.17, 15) is 14.4 Å². The number of imide groups is 1. The number of primary amides is 1. The molecule has 4 amide bonds. The predicted octanol–water partition coefficient (Wildman–Crippen LogP) is 1.23. The third kappa shape index (κ3) is 5.82. The second kappa shape index (κ2) is 7.32. The van der Waals surface area contributed by atoms with Crippen molar-refractivity contribution in [3.8, 4) is 0 Å². The molecule has 4 N–H and O–H groups in total. The second-order valence-electron chi connectivity index (χ2n) is 3.49. The first-order valence-electron chi connectivity index (χ1n) is 5.25. The van der Waals surface area contributed by atoms with E-state index in [2.05, 4.69) is 21.2 Å². The molecule has 0 aliphatic carbocycles. The maximum absolute atomic E-state index is 11.2. The van der Waals surface area contributed by atoms with E-state index in [1.807, 2.05) is 5.32 Å². The number of rotatable bonds is 4. The number of amides is 4. The molecular formula is C12H12BrN3O3. The minimum absolute atomic E-state index is 0.174. The van der Waals surface area contributed by atoms with Crippen LogP contribution in [0, 0.1) is 0 Å². The fourth-order valence-corrected chi connectivity index (χ4v) is 1.39. The summed E-state index contributed by atoms with van der Waals surface area (Å²) in [5.74, 6) is -0.782. The van der Waals surface area contributed by atoms with Crippen LogP contribution in [-0.4, -0.2) is 23.2 Å². The van der Waals surface area contributed by atoms with Gasteiger partial charge in [0.1, 0.15) is 0 Å². The normalized spacial score (nSPS) is 10.2. The van der Waals surface area contributed by atoms with Crippen molar-refractivity contribution >= 4 is 45.5 Å². The van der Waals surface area contributed by atoms with Gasteiger partial charge in [-0.1, -0.05) is 28.1 Å². The van der Waals surface area contributed by atoms with Crippen molar-refractivity contribution in [2.45, 2.75) is 0 Å². The summed E-state index contributed by atoms with van der Waals surface area (Å²) in [7, 11) is 0. The Morgan fingerprint density at radius 2 is 2.05 bits per heavy atom. The number of urea groups is 1. The molecule has 0 aliphatic heterocycles. The molecule has 0 fully saturated rings. The standard InChI is InChI=1S/C12H12BrN3O3/c13-7-11(18)15-9-3-1-2-8(6-9)4-5-10(17)16-12(14)19/h1-6H,7H2,(H,15,18)(H3,14,16,17,19)/b5-4+. The number of alkyl halides is 1. The third-order valence-electron chi connectivity index (χ3n) is 1.97. The number of hydrogen-bond donors (Lipinski definition) is 3. The first-order valence-corrected chi connectivity index (χ1v) is 6.38. The van der Waals surface area contributed by atoms with E-state index in [1.165, 1.54) is 12.2 Å². The van der Waals surface area contributed by atoms with Crippen molar-refractivity contribution in [1.82, 2.24) is 5.32 Å². The smallest absolute Gasteiger partial charge is 0.319 e. The van der Waals surface area contributed by atoms with E-state index >= 15 is 0 Å². The highest BCUT2D eigenvalue weighted by molar-refractivity contribution is 9.09. The number of anilines is 1. The van der Waals surface area contributed by atoms with Crippen LogP contribution < -0.4 is 16.4 Å². The van der Waals surface area contributed by atoms with Gasteiger partial charge in [-0.3, -0.25) is 14.9 Å². The molecule has 0 saturated carbocycles. The largest absolute Gasteiger partial charge is 0.351 e. The highest BCUT2D eigenvalue weighted by Gasteiger charge is 2.01. The van der Waals surface area contributed by atoms with Gasteiger partial charge in [-0.25, -0.2) is 4.79 Å². The summed E-state index contributed by atoms with van der Waals surface area (Å²) in [6.45, 7) is 0. The summed E-state index contributed by atoms with van der Waals surface area (Å²) in [4.78, 5) is 32.8. The van der Waals surface area contributed by atoms with Crippen molar-refractivity contribution in [2.24, 2.45) is 5.73 Å². The number of carbonyl (C=O) groups excluding carboxylic acids is 3. The molecule has 0 heterocycles. The topological polar surface area (TPSA) is 101 Å². The number of nitrogens with one attached hydrogen (secondary N) is 2. The van der Waals surface area contributed by atoms with Gasteiger partial charge in [0, 0.05) is 11.8 Å². The molecule has 1 aromatic rings. The summed E-state index contributed by atoms with van der Waals surface area (Å²) < 4.78 is 0. The Balaban J connectivity index is 2.71. The molecule has 0 bridgehead atoms. The van der Waals surface area contributed by atoms with E-state index in [4.69, 9.17) is 5.73 Å². The van der Waals surface area contributed by atoms with E-state index in [1.54, 1.807) is 24.3 Å². The fraction of sp³-hybridized carbons (Fsp3) is 0.0833. The monoisotopic (exact) mass is 325 g/mol. The summed E-state index contributed by atoms with van der Waals surface area (Å²) in [5.41, 5.74) is 6.11. The number of halogens is 1. The summed E-state index contributed by atoms with van der Waals surface area (Å²) in [6, 6.07) is 5.98. The molecule has 0 spiro atoms. The Bertz CT molecular complexity index is 529. The lowest BCUT2D eigenvalue weighted by atomic mass is 10.2. The van der Waals surface area contributed by atoms with Gasteiger partial charge >= 0.3 is 6.03 Å². The van der Waals surface area contributed by atoms with Crippen molar-refractivity contribution < 1.29 is 14.4 Å². The average molecular weight is 326 g/mol. The molecule has 7 heteroatoms. The predicted molar refractivity (Wildman–Crippen MR) is 75.6 cm³/mol. The number of hydrogen-bond acceptors (Lipinski definition) is 3. The average Bonchev–Trinajstić information content (AvgIpc) is 2.36. The van der Waals surface area contributed by atoms with Gasteiger partial charge in [-0.05, 0) is 23.8 Å². The Morgan fingerprint density at radius 3 is 2.68 bits per heavy atom. The van der Waals surface area contributed by atoms with Crippen LogP contribution in [0.4, 0.5) is 10.5 Å². The number of nitrogens with two attached hydrogens (primary N) is 1. The van der Waals surface area contributed by atoms with Gasteiger partial charge < -0.3 is 11.1 Å². The number of carbonyl (C=O) groups is 3. The van der Waals surface area contributed by atoms with Crippen LogP contribution in [0.3, 0.4) is 0 Å². The summed E-state index contributed by atoms with van der Waals surface area (Å²) in [5, 5.41) is 4.77. The van der Waals surface area contributed by atoms with Crippen molar-refractivity contribution in [3.63, 3.8) is 0 Å². The van der Waals surface area contributed by atoms with Crippen LogP contribution in [0.5, 0.6) is 0 Å². The molecule has 0 atom stereocenters. The van der Waals surface area contributed by atoms with Gasteiger partial charge in [0.15, 0.2) is 0 Å². The molecule has 0 radical (unpaired) electrons. The Labute approximate surface area is 118 Å². The maximum Gasteiger partial charge on any atom is 0.319 e. The zero-order chi connectivity index (χ0) is 14.3. The fourth-order valence-electron chi connectivity index (χ4n) is 1.25. The molecule has 19 heavy (non-hydrogen) atoms. The van der Waals surface area contributed by atoms with E-state index in [-0.39, 0.29) is 11.2 Å². The third-order valence-corrected chi connectivity index (χ3v) is 2.47. The molecule has 0 unspecified atom stereocenters. The van der Waals surface area contributed by atoms with Crippen LogP contribution >= 0.6 is 15.9 Å². The van der Waals surface area contributed by atoms with Crippen LogP contribution in [-0.2, 0) is 9.59 Å². The van der Waals surface area contributed by atoms with E-state index in [0.717, 1.165) is 0 Å². The van der Waals surface area contributed by atoms with E-state index < -0.39 is 11.9 Å². The molecule has 0 aliphatic rings. The minimum atomic E-state index is -0.909. The Hall–Kier alpha value is -2.15. The van der Waals surface area contributed by atoms with Gasteiger partial charge in [0.2, 0.25) is 5.91 Å². The maximum atomic E-state index is 11.2. The Morgan fingerprint density at radius 1 is 1.32 bits per heavy atom. The van der Waals surface area contributed by atoms with Crippen LogP contribution in [0.25, 0.3) is 6.08 Å². The summed E-state index contributed by atoms with van der Waals surface area (Å²) >= 11 is 3.04. The van der Waals surface area contributed by atoms with Gasteiger partial charge in [-0.2, -0.15) is 0 Å².